The zero-order chi connectivity index (χ0) is 14.0. The fourth-order valence-electron chi connectivity index (χ4n) is 1.15. The van der Waals surface area contributed by atoms with Crippen molar-refractivity contribution in [2.45, 2.75) is 45.6 Å². The average molecular weight is 251 g/mol. The zero-order valence-electron chi connectivity index (χ0n) is 11.9. The fraction of sp³-hybridized carbons (Fsp3) is 0.615. The summed E-state index contributed by atoms with van der Waals surface area (Å²) in [4.78, 5) is 20.5. The van der Waals surface area contributed by atoms with Crippen molar-refractivity contribution >= 4 is 11.7 Å². The molecule has 0 aromatic carbocycles. The van der Waals surface area contributed by atoms with Crippen LogP contribution in [0.1, 0.15) is 40.4 Å². The van der Waals surface area contributed by atoms with Gasteiger partial charge in [-0.3, -0.25) is 4.79 Å². The predicted molar refractivity (Wildman–Crippen MR) is 70.4 cm³/mol. The van der Waals surface area contributed by atoms with Gasteiger partial charge in [-0.25, -0.2) is 9.97 Å². The molecule has 5 nitrogen and oxygen atoms in total. The first-order valence-corrected chi connectivity index (χ1v) is 5.87. The molecule has 0 aliphatic carbocycles. The summed E-state index contributed by atoms with van der Waals surface area (Å²) in [7, 11) is 1.50. The first-order valence-electron chi connectivity index (χ1n) is 5.87. The molecule has 0 bridgehead atoms. The number of methoxy groups -OCH3 is 1. The molecule has 0 unspecified atom stereocenters. The average Bonchev–Trinajstić information content (AvgIpc) is 2.28. The van der Waals surface area contributed by atoms with Crippen LogP contribution in [0.25, 0.3) is 0 Å². The van der Waals surface area contributed by atoms with Gasteiger partial charge in [-0.05, 0) is 19.9 Å². The molecule has 1 aromatic rings. The van der Waals surface area contributed by atoms with Crippen molar-refractivity contribution in [2.24, 2.45) is 0 Å². The van der Waals surface area contributed by atoms with Crippen LogP contribution in [0.15, 0.2) is 12.3 Å². The second-order valence-corrected chi connectivity index (χ2v) is 5.68. The third kappa shape index (κ3) is 3.50. The van der Waals surface area contributed by atoms with E-state index in [2.05, 4.69) is 15.3 Å². The van der Waals surface area contributed by atoms with E-state index in [1.165, 1.54) is 7.11 Å². The third-order valence-electron chi connectivity index (χ3n) is 2.63. The van der Waals surface area contributed by atoms with Crippen molar-refractivity contribution < 1.29 is 9.53 Å². The molecule has 0 radical (unpaired) electrons. The number of carbonyl (C=O) groups excluding carboxylic acids is 1. The molecule has 0 spiro atoms. The van der Waals surface area contributed by atoms with Crippen LogP contribution in [-0.2, 0) is 14.9 Å². The lowest BCUT2D eigenvalue weighted by Gasteiger charge is -2.22. The van der Waals surface area contributed by atoms with Gasteiger partial charge in [0.2, 0.25) is 0 Å². The Morgan fingerprint density at radius 2 is 1.89 bits per heavy atom. The van der Waals surface area contributed by atoms with Gasteiger partial charge in [0.25, 0.3) is 5.91 Å². The lowest BCUT2D eigenvalue weighted by atomic mass is 9.96. The summed E-state index contributed by atoms with van der Waals surface area (Å²) >= 11 is 0. The molecule has 1 amide bonds. The normalized spacial score (nSPS) is 12.3. The summed E-state index contributed by atoms with van der Waals surface area (Å²) in [6, 6.07) is 1.67. The molecule has 0 atom stereocenters. The molecule has 0 fully saturated rings. The molecule has 1 rings (SSSR count). The second kappa shape index (κ2) is 5.02. The molecule has 0 saturated heterocycles. The number of nitrogens with zero attached hydrogens (tertiary/aromatic N) is 2. The van der Waals surface area contributed by atoms with E-state index in [-0.39, 0.29) is 11.3 Å². The molecule has 5 heteroatoms. The summed E-state index contributed by atoms with van der Waals surface area (Å²) < 4.78 is 5.11. The molecule has 1 heterocycles. The van der Waals surface area contributed by atoms with Crippen molar-refractivity contribution in [1.29, 1.82) is 0 Å². The van der Waals surface area contributed by atoms with Crippen LogP contribution in [0.2, 0.25) is 0 Å². The molecule has 100 valence electrons. The van der Waals surface area contributed by atoms with Crippen molar-refractivity contribution in [2.75, 3.05) is 12.4 Å². The highest BCUT2D eigenvalue weighted by Gasteiger charge is 2.27. The highest BCUT2D eigenvalue weighted by atomic mass is 16.5. The lowest BCUT2D eigenvalue weighted by molar-refractivity contribution is -0.133. The Hall–Kier alpha value is -1.49. The van der Waals surface area contributed by atoms with E-state index in [0.717, 1.165) is 0 Å². The maximum Gasteiger partial charge on any atom is 0.257 e. The zero-order valence-corrected chi connectivity index (χ0v) is 11.9. The van der Waals surface area contributed by atoms with Gasteiger partial charge in [0, 0.05) is 18.7 Å². The number of amides is 1. The van der Waals surface area contributed by atoms with E-state index >= 15 is 0 Å². The number of rotatable bonds is 3. The smallest absolute Gasteiger partial charge is 0.257 e. The third-order valence-corrected chi connectivity index (χ3v) is 2.63. The topological polar surface area (TPSA) is 64.1 Å². The quantitative estimate of drug-likeness (QED) is 0.894. The van der Waals surface area contributed by atoms with E-state index in [1.807, 2.05) is 20.8 Å². The molecule has 0 saturated carbocycles. The van der Waals surface area contributed by atoms with Crippen molar-refractivity contribution in [1.82, 2.24) is 9.97 Å². The number of ether oxygens (including phenoxy) is 1. The van der Waals surface area contributed by atoms with E-state index in [1.54, 1.807) is 26.1 Å². The fourth-order valence-corrected chi connectivity index (χ4v) is 1.15. The number of carbonyl (C=O) groups is 1. The molecule has 0 aliphatic heterocycles. The van der Waals surface area contributed by atoms with Crippen molar-refractivity contribution in [3.05, 3.63) is 18.1 Å². The maximum atomic E-state index is 11.9. The minimum absolute atomic E-state index is 0.155. The van der Waals surface area contributed by atoms with Crippen molar-refractivity contribution in [3.8, 4) is 0 Å². The number of aromatic nitrogens is 2. The highest BCUT2D eigenvalue weighted by Crippen LogP contribution is 2.19. The largest absolute Gasteiger partial charge is 0.369 e. The van der Waals surface area contributed by atoms with E-state index < -0.39 is 5.60 Å². The molecule has 0 aliphatic rings. The first kappa shape index (κ1) is 14.6. The molecule has 1 aromatic heterocycles. The van der Waals surface area contributed by atoms with Gasteiger partial charge in [-0.1, -0.05) is 20.8 Å². The number of nitrogens with one attached hydrogen (secondary N) is 1. The Bertz CT molecular complexity index is 436. The summed E-state index contributed by atoms with van der Waals surface area (Å²) in [6.45, 7) is 9.47. The first-order chi connectivity index (χ1) is 8.16. The van der Waals surface area contributed by atoms with Crippen molar-refractivity contribution in [3.63, 3.8) is 0 Å². The van der Waals surface area contributed by atoms with Crippen LogP contribution >= 0.6 is 0 Å². The predicted octanol–water partition coefficient (Wildman–Crippen LogP) is 2.14. The lowest BCUT2D eigenvalue weighted by Crippen LogP contribution is -2.39. The molecule has 1 N–H and O–H groups in total. The van der Waals surface area contributed by atoms with Gasteiger partial charge in [-0.15, -0.1) is 0 Å². The second-order valence-electron chi connectivity index (χ2n) is 5.68. The van der Waals surface area contributed by atoms with Gasteiger partial charge < -0.3 is 10.1 Å². The number of anilines is 1. The molecular weight excluding hydrogens is 230 g/mol. The van der Waals surface area contributed by atoms with E-state index in [0.29, 0.717) is 11.6 Å². The Morgan fingerprint density at radius 3 is 2.39 bits per heavy atom. The van der Waals surface area contributed by atoms with Crippen LogP contribution < -0.4 is 5.32 Å². The number of hydrogen-bond acceptors (Lipinski definition) is 4. The standard InChI is InChI=1S/C13H21N3O2/c1-12(2,3)10-14-8-7-9(15-10)16-11(17)13(4,5)18-6/h7-8H,1-6H3,(H,14,15,16,17). The summed E-state index contributed by atoms with van der Waals surface area (Å²) in [5.41, 5.74) is -1.04. The maximum absolute atomic E-state index is 11.9. The van der Waals surface area contributed by atoms with Crippen LogP contribution in [0.5, 0.6) is 0 Å². The summed E-state index contributed by atoms with van der Waals surface area (Å²) in [5.74, 6) is 0.948. The van der Waals surface area contributed by atoms with Gasteiger partial charge in [0.1, 0.15) is 17.2 Å². The molecular formula is C13H21N3O2. The molecule has 18 heavy (non-hydrogen) atoms. The van der Waals surface area contributed by atoms with Gasteiger partial charge in [0.05, 0.1) is 0 Å². The van der Waals surface area contributed by atoms with Crippen LogP contribution in [0.3, 0.4) is 0 Å². The Kier molecular flexibility index (Phi) is 4.06. The minimum atomic E-state index is -0.882. The van der Waals surface area contributed by atoms with E-state index in [4.69, 9.17) is 4.74 Å². The SMILES string of the molecule is COC(C)(C)C(=O)Nc1ccnc(C(C)(C)C)n1. The Balaban J connectivity index is 2.90. The van der Waals surface area contributed by atoms with E-state index in [9.17, 15) is 4.79 Å². The summed E-state index contributed by atoms with van der Waals surface area (Å²) in [5, 5.41) is 2.73. The van der Waals surface area contributed by atoms with Crippen LogP contribution in [0.4, 0.5) is 5.82 Å². The highest BCUT2D eigenvalue weighted by molar-refractivity contribution is 5.95. The van der Waals surface area contributed by atoms with Gasteiger partial charge in [-0.2, -0.15) is 0 Å². The summed E-state index contributed by atoms with van der Waals surface area (Å²) in [6.07, 6.45) is 1.64. The number of hydrogen-bond donors (Lipinski definition) is 1. The van der Waals surface area contributed by atoms with Crippen LogP contribution in [-0.4, -0.2) is 28.6 Å². The minimum Gasteiger partial charge on any atom is -0.369 e. The monoisotopic (exact) mass is 251 g/mol. The van der Waals surface area contributed by atoms with Gasteiger partial charge >= 0.3 is 0 Å². The van der Waals surface area contributed by atoms with Crippen LogP contribution in [0, 0.1) is 0 Å². The van der Waals surface area contributed by atoms with Gasteiger partial charge in [0.15, 0.2) is 0 Å². The Morgan fingerprint density at radius 1 is 1.28 bits per heavy atom. The Labute approximate surface area is 108 Å².